The molecule has 3 nitrogen and oxygen atoms in total. The van der Waals surface area contributed by atoms with Gasteiger partial charge in [-0.3, -0.25) is 4.90 Å². The van der Waals surface area contributed by atoms with Gasteiger partial charge in [-0.05, 0) is 39.8 Å². The summed E-state index contributed by atoms with van der Waals surface area (Å²) in [6.07, 6.45) is 7.07. The first-order valence-electron chi connectivity index (χ1n) is 7.31. The molecule has 17 heavy (non-hydrogen) atoms. The van der Waals surface area contributed by atoms with Crippen LogP contribution < -0.4 is 5.32 Å². The Morgan fingerprint density at radius 3 is 2.59 bits per heavy atom. The van der Waals surface area contributed by atoms with Crippen molar-refractivity contribution in [3.63, 3.8) is 0 Å². The summed E-state index contributed by atoms with van der Waals surface area (Å²) in [5, 5.41) is 3.67. The molecule has 2 aliphatic rings. The summed E-state index contributed by atoms with van der Waals surface area (Å²) in [6.45, 7) is 6.46. The highest BCUT2D eigenvalue weighted by atomic mass is 16.5. The molecule has 2 rings (SSSR count). The van der Waals surface area contributed by atoms with Crippen molar-refractivity contribution in [2.24, 2.45) is 0 Å². The first-order chi connectivity index (χ1) is 8.24. The van der Waals surface area contributed by atoms with Gasteiger partial charge in [-0.15, -0.1) is 0 Å². The van der Waals surface area contributed by atoms with Crippen LogP contribution in [0.25, 0.3) is 0 Å². The van der Waals surface area contributed by atoms with Gasteiger partial charge in [0.05, 0.1) is 6.10 Å². The van der Waals surface area contributed by atoms with Gasteiger partial charge in [0.15, 0.2) is 0 Å². The molecule has 1 aliphatic heterocycles. The van der Waals surface area contributed by atoms with E-state index in [1.54, 1.807) is 0 Å². The minimum atomic E-state index is 0.407. The lowest BCUT2D eigenvalue weighted by molar-refractivity contribution is 0.0480. The second-order valence-electron chi connectivity index (χ2n) is 5.61. The summed E-state index contributed by atoms with van der Waals surface area (Å²) in [5.74, 6) is 0. The molecule has 1 aliphatic carbocycles. The maximum Gasteiger partial charge on any atom is 0.0703 e. The Labute approximate surface area is 106 Å². The second-order valence-corrected chi connectivity index (χ2v) is 5.61. The SMILES string of the molecule is CCNC1CCCCC1N(C)C1CCOC1C. The summed E-state index contributed by atoms with van der Waals surface area (Å²) in [4.78, 5) is 2.60. The third kappa shape index (κ3) is 3.01. The van der Waals surface area contributed by atoms with E-state index in [0.717, 1.165) is 13.2 Å². The molecule has 0 amide bonds. The molecular formula is C14H28N2O. The molecule has 1 saturated heterocycles. The maximum atomic E-state index is 5.71. The molecule has 100 valence electrons. The predicted octanol–water partition coefficient (Wildman–Crippen LogP) is 2.02. The average Bonchev–Trinajstić information content (AvgIpc) is 2.76. The number of hydrogen-bond acceptors (Lipinski definition) is 3. The Kier molecular flexibility index (Phi) is 4.83. The zero-order valence-electron chi connectivity index (χ0n) is 11.6. The van der Waals surface area contributed by atoms with Crippen LogP contribution in [0.1, 0.15) is 46.0 Å². The highest BCUT2D eigenvalue weighted by molar-refractivity contribution is 4.92. The molecule has 2 fully saturated rings. The van der Waals surface area contributed by atoms with E-state index in [-0.39, 0.29) is 0 Å². The lowest BCUT2D eigenvalue weighted by Gasteiger charge is -2.42. The third-order valence-electron chi connectivity index (χ3n) is 4.58. The first-order valence-corrected chi connectivity index (χ1v) is 7.31. The smallest absolute Gasteiger partial charge is 0.0703 e. The van der Waals surface area contributed by atoms with Crippen LogP contribution in [0.5, 0.6) is 0 Å². The highest BCUT2D eigenvalue weighted by Gasteiger charge is 2.35. The normalized spacial score (nSPS) is 38.8. The van der Waals surface area contributed by atoms with E-state index in [0.29, 0.717) is 24.2 Å². The van der Waals surface area contributed by atoms with Crippen molar-refractivity contribution in [3.8, 4) is 0 Å². The van der Waals surface area contributed by atoms with Crippen LogP contribution in [0.3, 0.4) is 0 Å². The van der Waals surface area contributed by atoms with Crippen molar-refractivity contribution in [2.45, 2.75) is 70.2 Å². The zero-order valence-corrected chi connectivity index (χ0v) is 11.6. The van der Waals surface area contributed by atoms with Gasteiger partial charge < -0.3 is 10.1 Å². The number of nitrogens with one attached hydrogen (secondary N) is 1. The van der Waals surface area contributed by atoms with Crippen molar-refractivity contribution in [2.75, 3.05) is 20.2 Å². The highest BCUT2D eigenvalue weighted by Crippen LogP contribution is 2.28. The third-order valence-corrected chi connectivity index (χ3v) is 4.58. The quantitative estimate of drug-likeness (QED) is 0.813. The van der Waals surface area contributed by atoms with Gasteiger partial charge in [0, 0.05) is 24.7 Å². The van der Waals surface area contributed by atoms with E-state index < -0.39 is 0 Å². The van der Waals surface area contributed by atoms with E-state index in [1.165, 1.54) is 32.1 Å². The average molecular weight is 240 g/mol. The molecule has 0 aromatic carbocycles. The second kappa shape index (κ2) is 6.17. The van der Waals surface area contributed by atoms with E-state index >= 15 is 0 Å². The fourth-order valence-electron chi connectivity index (χ4n) is 3.60. The van der Waals surface area contributed by atoms with Crippen molar-refractivity contribution in [3.05, 3.63) is 0 Å². The molecule has 0 aromatic rings. The van der Waals surface area contributed by atoms with Gasteiger partial charge in [-0.2, -0.15) is 0 Å². The number of rotatable bonds is 4. The largest absolute Gasteiger partial charge is 0.377 e. The Balaban J connectivity index is 1.97. The van der Waals surface area contributed by atoms with Crippen LogP contribution in [-0.4, -0.2) is 49.3 Å². The minimum Gasteiger partial charge on any atom is -0.377 e. The van der Waals surface area contributed by atoms with Gasteiger partial charge >= 0.3 is 0 Å². The molecule has 1 saturated carbocycles. The summed E-state index contributed by atoms with van der Waals surface area (Å²) in [7, 11) is 2.30. The first kappa shape index (κ1) is 13.3. The maximum absolute atomic E-state index is 5.71. The van der Waals surface area contributed by atoms with Gasteiger partial charge in [-0.25, -0.2) is 0 Å². The lowest BCUT2D eigenvalue weighted by atomic mass is 9.88. The standard InChI is InChI=1S/C14H28N2O/c1-4-15-12-7-5-6-8-14(12)16(3)13-9-10-17-11(13)2/h11-15H,4-10H2,1-3H3. The van der Waals surface area contributed by atoms with Crippen molar-refractivity contribution in [1.29, 1.82) is 0 Å². The van der Waals surface area contributed by atoms with E-state index in [9.17, 15) is 0 Å². The zero-order chi connectivity index (χ0) is 12.3. The summed E-state index contributed by atoms with van der Waals surface area (Å²) in [6, 6.07) is 2.02. The van der Waals surface area contributed by atoms with Crippen LogP contribution in [-0.2, 0) is 4.74 Å². The Hall–Kier alpha value is -0.120. The fourth-order valence-corrected chi connectivity index (χ4v) is 3.60. The van der Waals surface area contributed by atoms with Gasteiger partial charge in [0.25, 0.3) is 0 Å². The molecule has 4 unspecified atom stereocenters. The monoisotopic (exact) mass is 240 g/mol. The molecule has 4 atom stereocenters. The predicted molar refractivity (Wildman–Crippen MR) is 71.3 cm³/mol. The molecule has 3 heteroatoms. The van der Waals surface area contributed by atoms with Crippen molar-refractivity contribution in [1.82, 2.24) is 10.2 Å². The van der Waals surface area contributed by atoms with Crippen LogP contribution in [0.2, 0.25) is 0 Å². The molecule has 0 spiro atoms. The minimum absolute atomic E-state index is 0.407. The topological polar surface area (TPSA) is 24.5 Å². The van der Waals surface area contributed by atoms with E-state index in [4.69, 9.17) is 4.74 Å². The summed E-state index contributed by atoms with van der Waals surface area (Å²) in [5.41, 5.74) is 0. The molecule has 0 bridgehead atoms. The van der Waals surface area contributed by atoms with Gasteiger partial charge in [0.2, 0.25) is 0 Å². The van der Waals surface area contributed by atoms with E-state index in [2.05, 4.69) is 31.1 Å². The van der Waals surface area contributed by atoms with Gasteiger partial charge in [0.1, 0.15) is 0 Å². The Bertz CT molecular complexity index is 232. The summed E-state index contributed by atoms with van der Waals surface area (Å²) < 4.78 is 5.71. The lowest BCUT2D eigenvalue weighted by Crippen LogP contribution is -2.54. The van der Waals surface area contributed by atoms with Crippen LogP contribution >= 0.6 is 0 Å². The van der Waals surface area contributed by atoms with Crippen LogP contribution in [0, 0.1) is 0 Å². The number of hydrogen-bond donors (Lipinski definition) is 1. The van der Waals surface area contributed by atoms with Crippen LogP contribution in [0.4, 0.5) is 0 Å². The summed E-state index contributed by atoms with van der Waals surface area (Å²) >= 11 is 0. The van der Waals surface area contributed by atoms with Crippen LogP contribution in [0.15, 0.2) is 0 Å². The Morgan fingerprint density at radius 2 is 1.94 bits per heavy atom. The Morgan fingerprint density at radius 1 is 1.18 bits per heavy atom. The fraction of sp³-hybridized carbons (Fsp3) is 1.00. The number of likely N-dealkylation sites (N-methyl/N-ethyl adjacent to an activating group) is 2. The molecule has 1 N–H and O–H groups in total. The molecule has 1 heterocycles. The van der Waals surface area contributed by atoms with Crippen molar-refractivity contribution >= 4 is 0 Å². The van der Waals surface area contributed by atoms with Crippen molar-refractivity contribution < 1.29 is 4.74 Å². The molecule has 0 aromatic heterocycles. The number of nitrogens with zero attached hydrogens (tertiary/aromatic N) is 1. The number of ether oxygens (including phenoxy) is 1. The van der Waals surface area contributed by atoms with Gasteiger partial charge in [-0.1, -0.05) is 19.8 Å². The molecular weight excluding hydrogens is 212 g/mol. The van der Waals surface area contributed by atoms with E-state index in [1.807, 2.05) is 0 Å². The molecule has 0 radical (unpaired) electrons.